The average molecular weight is 596 g/mol. The third-order valence-electron chi connectivity index (χ3n) is 13.8. The molecule has 2 aliphatic heterocycles. The van der Waals surface area contributed by atoms with Crippen molar-refractivity contribution >= 4 is 0 Å². The first-order valence-corrected chi connectivity index (χ1v) is 16.9. The molecule has 2 heterocycles. The Balaban J connectivity index is 1.05. The molecule has 7 N–H and O–H groups in total. The van der Waals surface area contributed by atoms with Gasteiger partial charge in [0, 0.05) is 18.4 Å². The van der Waals surface area contributed by atoms with Gasteiger partial charge in [0.05, 0.1) is 19.3 Å². The van der Waals surface area contributed by atoms with Crippen molar-refractivity contribution in [3.05, 3.63) is 0 Å². The number of rotatable bonds is 7. The van der Waals surface area contributed by atoms with Gasteiger partial charge >= 0.3 is 0 Å². The molecular weight excluding hydrogens is 538 g/mol. The van der Waals surface area contributed by atoms with Crippen LogP contribution in [-0.4, -0.2) is 87.4 Å². The predicted octanol–water partition coefficient (Wildman–Crippen LogP) is 2.54. The van der Waals surface area contributed by atoms with Crippen molar-refractivity contribution in [2.75, 3.05) is 13.2 Å². The van der Waals surface area contributed by atoms with Gasteiger partial charge in [0.15, 0.2) is 12.1 Å². The summed E-state index contributed by atoms with van der Waals surface area (Å²) < 4.78 is 17.9. The molecule has 9 nitrogen and oxygen atoms in total. The fourth-order valence-electron chi connectivity index (χ4n) is 11.3. The minimum absolute atomic E-state index is 0.0379. The smallest absolute Gasteiger partial charge is 0.186 e. The first kappa shape index (κ1) is 31.6. The van der Waals surface area contributed by atoms with E-state index in [0.717, 1.165) is 24.2 Å². The van der Waals surface area contributed by atoms with E-state index in [9.17, 15) is 25.5 Å². The van der Waals surface area contributed by atoms with Gasteiger partial charge in [0.25, 0.3) is 0 Å². The van der Waals surface area contributed by atoms with Crippen molar-refractivity contribution in [2.24, 2.45) is 58.0 Å². The first-order chi connectivity index (χ1) is 19.8. The van der Waals surface area contributed by atoms with Crippen LogP contribution < -0.4 is 5.73 Å². The molecule has 0 aromatic carbocycles. The van der Waals surface area contributed by atoms with Gasteiger partial charge in [-0.15, -0.1) is 0 Å². The third kappa shape index (κ3) is 5.01. The molecular formula is C33H57NO8. The lowest BCUT2D eigenvalue weighted by molar-refractivity contribution is -0.303. The number of hydrogen-bond donors (Lipinski definition) is 6. The van der Waals surface area contributed by atoms with E-state index in [1.54, 1.807) is 0 Å². The van der Waals surface area contributed by atoms with E-state index in [0.29, 0.717) is 36.1 Å². The maximum Gasteiger partial charge on any atom is 0.186 e. The number of ether oxygens (including phenoxy) is 3. The fraction of sp³-hybridized carbons (Fsp3) is 1.00. The summed E-state index contributed by atoms with van der Waals surface area (Å²) in [6.45, 7) is 9.06. The van der Waals surface area contributed by atoms with Crippen LogP contribution in [0.15, 0.2) is 0 Å². The summed E-state index contributed by atoms with van der Waals surface area (Å²) >= 11 is 0. The lowest BCUT2D eigenvalue weighted by Gasteiger charge is -2.61. The van der Waals surface area contributed by atoms with E-state index < -0.39 is 43.1 Å². The standard InChI is InChI=1S/C33H57NO8/c1-17(16-40-30-29(38)28(37)27(36)25(15-35)41-30)7-12-33(39)18(2)26-24(42-33)14-23-21-6-5-19-13-20(34)8-10-31(19,3)22(21)9-11-32(23,26)4/h17-30,35-39H,5-16,34H2,1-4H3/t17-,18+,19+,20+,21-,22+,23+,24+,25-,26+,27-,28-,29-,30-,31+,32+,33-/m1/s1. The molecule has 0 aromatic heterocycles. The zero-order valence-corrected chi connectivity index (χ0v) is 26.1. The van der Waals surface area contributed by atoms with E-state index in [2.05, 4.69) is 20.8 Å². The van der Waals surface area contributed by atoms with Crippen LogP contribution in [0.25, 0.3) is 0 Å². The minimum atomic E-state index is -1.46. The minimum Gasteiger partial charge on any atom is -0.394 e. The molecule has 0 spiro atoms. The van der Waals surface area contributed by atoms with Crippen LogP contribution in [-0.2, 0) is 14.2 Å². The lowest BCUT2D eigenvalue weighted by Crippen LogP contribution is -2.59. The average Bonchev–Trinajstić information content (AvgIpc) is 3.39. The Morgan fingerprint density at radius 3 is 2.43 bits per heavy atom. The molecule has 6 rings (SSSR count). The Morgan fingerprint density at radius 2 is 1.69 bits per heavy atom. The normalized spacial score (nSPS) is 56.3. The molecule has 4 aliphatic carbocycles. The van der Waals surface area contributed by atoms with Crippen molar-refractivity contribution in [3.63, 3.8) is 0 Å². The van der Waals surface area contributed by atoms with E-state index in [-0.39, 0.29) is 30.0 Å². The molecule has 0 amide bonds. The Labute approximate surface area is 251 Å². The van der Waals surface area contributed by atoms with Gasteiger partial charge in [-0.05, 0) is 104 Å². The molecule has 6 aliphatic rings. The van der Waals surface area contributed by atoms with E-state index in [1.165, 1.54) is 44.9 Å². The van der Waals surface area contributed by atoms with Gasteiger partial charge in [-0.25, -0.2) is 0 Å². The Morgan fingerprint density at radius 1 is 0.952 bits per heavy atom. The maximum absolute atomic E-state index is 11.8. The van der Waals surface area contributed by atoms with Gasteiger partial charge in [-0.1, -0.05) is 27.7 Å². The lowest BCUT2D eigenvalue weighted by atomic mass is 9.44. The van der Waals surface area contributed by atoms with Crippen molar-refractivity contribution in [2.45, 2.75) is 141 Å². The third-order valence-corrected chi connectivity index (χ3v) is 13.8. The van der Waals surface area contributed by atoms with Crippen LogP contribution in [0, 0.1) is 52.3 Å². The largest absolute Gasteiger partial charge is 0.394 e. The van der Waals surface area contributed by atoms with Gasteiger partial charge < -0.3 is 45.5 Å². The van der Waals surface area contributed by atoms with Crippen molar-refractivity contribution < 1.29 is 39.7 Å². The summed E-state index contributed by atoms with van der Waals surface area (Å²) in [6, 6.07) is 0.383. The quantitative estimate of drug-likeness (QED) is 0.261. The highest BCUT2D eigenvalue weighted by Gasteiger charge is 2.68. The molecule has 6 fully saturated rings. The van der Waals surface area contributed by atoms with Gasteiger partial charge in [-0.2, -0.15) is 0 Å². The molecule has 17 atom stereocenters. The highest BCUT2D eigenvalue weighted by Crippen LogP contribution is 2.70. The first-order valence-electron chi connectivity index (χ1n) is 16.9. The molecule has 9 heteroatoms. The molecule has 0 aromatic rings. The molecule has 0 unspecified atom stereocenters. The summed E-state index contributed by atoms with van der Waals surface area (Å²) in [6.07, 6.45) is 4.75. The molecule has 42 heavy (non-hydrogen) atoms. The van der Waals surface area contributed by atoms with Crippen LogP contribution >= 0.6 is 0 Å². The van der Waals surface area contributed by atoms with E-state index in [4.69, 9.17) is 19.9 Å². The zero-order chi connectivity index (χ0) is 30.2. The predicted molar refractivity (Wildman–Crippen MR) is 156 cm³/mol. The van der Waals surface area contributed by atoms with Crippen molar-refractivity contribution in [1.29, 1.82) is 0 Å². The monoisotopic (exact) mass is 595 g/mol. The topological polar surface area (TPSA) is 155 Å². The van der Waals surface area contributed by atoms with E-state index in [1.807, 2.05) is 6.92 Å². The summed E-state index contributed by atoms with van der Waals surface area (Å²) in [7, 11) is 0. The second kappa shape index (κ2) is 11.5. The highest BCUT2D eigenvalue weighted by atomic mass is 16.7. The second-order valence-corrected chi connectivity index (χ2v) is 16.0. The van der Waals surface area contributed by atoms with Crippen molar-refractivity contribution in [3.8, 4) is 0 Å². The number of aliphatic hydroxyl groups excluding tert-OH is 4. The highest BCUT2D eigenvalue weighted by molar-refractivity contribution is 5.15. The van der Waals surface area contributed by atoms with Crippen LogP contribution in [0.4, 0.5) is 0 Å². The van der Waals surface area contributed by atoms with Crippen molar-refractivity contribution in [1.82, 2.24) is 0 Å². The number of hydrogen-bond acceptors (Lipinski definition) is 9. The number of aliphatic hydroxyl groups is 5. The summed E-state index contributed by atoms with van der Waals surface area (Å²) in [5, 5.41) is 51.6. The molecule has 0 radical (unpaired) electrons. The molecule has 242 valence electrons. The molecule has 0 bridgehead atoms. The Kier molecular flexibility index (Phi) is 8.63. The number of fused-ring (bicyclic) bond motifs is 7. The maximum atomic E-state index is 11.8. The summed E-state index contributed by atoms with van der Waals surface area (Å²) in [5.74, 6) is 2.27. The van der Waals surface area contributed by atoms with Gasteiger partial charge in [0.2, 0.25) is 0 Å². The van der Waals surface area contributed by atoms with Crippen LogP contribution in [0.3, 0.4) is 0 Å². The van der Waals surface area contributed by atoms with Crippen LogP contribution in [0.1, 0.15) is 91.9 Å². The fourth-order valence-corrected chi connectivity index (χ4v) is 11.3. The Hall–Kier alpha value is -0.360. The van der Waals surface area contributed by atoms with Gasteiger partial charge in [0.1, 0.15) is 24.4 Å². The number of nitrogens with two attached hydrogens (primary N) is 1. The summed E-state index contributed by atoms with van der Waals surface area (Å²) in [4.78, 5) is 0. The van der Waals surface area contributed by atoms with Gasteiger partial charge in [-0.3, -0.25) is 0 Å². The Bertz CT molecular complexity index is 968. The second-order valence-electron chi connectivity index (χ2n) is 16.0. The SMILES string of the molecule is C[C@H](CC[C@@]1(O)O[C@H]2C[C@H]3[C@@H]4CC[C@H]5C[C@@H](N)CC[C@]5(C)[C@H]4CC[C@]3(C)[C@H]2[C@@H]1C)CO[C@@H]1O[C@H](CO)[C@@H](O)[C@@H](O)[C@H]1O. The van der Waals surface area contributed by atoms with Crippen LogP contribution in [0.5, 0.6) is 0 Å². The molecule has 4 saturated carbocycles. The summed E-state index contributed by atoms with van der Waals surface area (Å²) in [5.41, 5.74) is 7.03. The van der Waals surface area contributed by atoms with Crippen LogP contribution in [0.2, 0.25) is 0 Å². The van der Waals surface area contributed by atoms with E-state index >= 15 is 0 Å². The zero-order valence-electron chi connectivity index (χ0n) is 26.1. The molecule has 2 saturated heterocycles.